The van der Waals surface area contributed by atoms with Crippen LogP contribution in [0.1, 0.15) is 97.8 Å². The van der Waals surface area contributed by atoms with Crippen LogP contribution in [0.25, 0.3) is 0 Å². The predicted molar refractivity (Wildman–Crippen MR) is 110 cm³/mol. The van der Waals surface area contributed by atoms with E-state index in [1.807, 2.05) is 0 Å². The molecule has 0 radical (unpaired) electrons. The van der Waals surface area contributed by atoms with E-state index in [1.54, 1.807) is 0 Å². The Morgan fingerprint density at radius 3 is 2.00 bits per heavy atom. The topological polar surface area (TPSA) is 41.5 Å². The molecule has 1 atom stereocenters. The number of hydrogen-bond acceptors (Lipinski definition) is 3. The molecule has 0 aromatic heterocycles. The number of ether oxygens (including phenoxy) is 1. The van der Waals surface area contributed by atoms with Gasteiger partial charge in [-0.25, -0.2) is 0 Å². The second kappa shape index (κ2) is 19.9. The van der Waals surface area contributed by atoms with Crippen LogP contribution in [0.5, 0.6) is 0 Å². The van der Waals surface area contributed by atoms with Crippen molar-refractivity contribution in [3.8, 4) is 0 Å². The first-order valence-electron chi connectivity index (χ1n) is 10.8. The van der Waals surface area contributed by atoms with Crippen LogP contribution in [0.4, 0.5) is 0 Å². The summed E-state index contributed by atoms with van der Waals surface area (Å²) < 4.78 is 5.53. The van der Waals surface area contributed by atoms with Gasteiger partial charge >= 0.3 is 0 Å². The molecule has 0 amide bonds. The first-order chi connectivity index (χ1) is 12.2. The third-order valence-electron chi connectivity index (χ3n) is 4.37. The summed E-state index contributed by atoms with van der Waals surface area (Å²) in [6.07, 6.45) is 20.0. The van der Waals surface area contributed by atoms with Crippen LogP contribution < -0.4 is 5.32 Å². The fraction of sp³-hybridized carbons (Fsp3) is 0.909. The highest BCUT2D eigenvalue weighted by atomic mass is 16.5. The molecular weight excluding hydrogens is 310 g/mol. The van der Waals surface area contributed by atoms with Gasteiger partial charge in [-0.2, -0.15) is 0 Å². The van der Waals surface area contributed by atoms with Crippen LogP contribution in [0.2, 0.25) is 0 Å². The standard InChI is InChI=1S/C22H45NO2/c1-4-5-6-7-8-9-10-11-12-13-14-15-16-17-18-25-20-22(24)19-23-21(2)3/h11-12,21-24H,4-10,13-20H2,1-3H3. The Bertz CT molecular complexity index is 279. The van der Waals surface area contributed by atoms with E-state index in [-0.39, 0.29) is 6.10 Å². The second-order valence-electron chi connectivity index (χ2n) is 7.52. The monoisotopic (exact) mass is 355 g/mol. The fourth-order valence-corrected chi connectivity index (χ4v) is 2.75. The third-order valence-corrected chi connectivity index (χ3v) is 4.37. The summed E-state index contributed by atoms with van der Waals surface area (Å²) in [4.78, 5) is 0. The van der Waals surface area contributed by atoms with Crippen molar-refractivity contribution < 1.29 is 9.84 Å². The minimum absolute atomic E-state index is 0.390. The Labute approximate surface area is 157 Å². The number of aliphatic hydroxyl groups excluding tert-OH is 1. The highest BCUT2D eigenvalue weighted by molar-refractivity contribution is 4.81. The number of allylic oxidation sites excluding steroid dienone is 2. The maximum atomic E-state index is 9.72. The SMILES string of the molecule is CCCCCCCCC=CCCCCCCOCC(O)CNC(C)C. The number of unbranched alkanes of at least 4 members (excludes halogenated alkanes) is 10. The van der Waals surface area contributed by atoms with Gasteiger partial charge in [-0.1, -0.05) is 77.9 Å². The Balaban J connectivity index is 3.17. The van der Waals surface area contributed by atoms with Crippen LogP contribution in [0.3, 0.4) is 0 Å². The Morgan fingerprint density at radius 2 is 1.40 bits per heavy atom. The molecule has 25 heavy (non-hydrogen) atoms. The molecule has 2 N–H and O–H groups in total. The van der Waals surface area contributed by atoms with Crippen molar-refractivity contribution in [2.45, 2.75) is 110 Å². The summed E-state index contributed by atoms with van der Waals surface area (Å²) in [5.74, 6) is 0. The molecule has 0 fully saturated rings. The summed E-state index contributed by atoms with van der Waals surface area (Å²) in [5.41, 5.74) is 0. The van der Waals surface area contributed by atoms with E-state index in [2.05, 4.69) is 38.2 Å². The summed E-state index contributed by atoms with van der Waals surface area (Å²) in [7, 11) is 0. The lowest BCUT2D eigenvalue weighted by Gasteiger charge is -2.14. The van der Waals surface area contributed by atoms with Gasteiger partial charge in [0.25, 0.3) is 0 Å². The van der Waals surface area contributed by atoms with Crippen molar-refractivity contribution >= 4 is 0 Å². The zero-order valence-corrected chi connectivity index (χ0v) is 17.3. The minimum atomic E-state index is -0.390. The zero-order chi connectivity index (χ0) is 18.6. The summed E-state index contributed by atoms with van der Waals surface area (Å²) in [6, 6.07) is 0.412. The van der Waals surface area contributed by atoms with Gasteiger partial charge in [-0.05, 0) is 32.1 Å². The third kappa shape index (κ3) is 21.6. The van der Waals surface area contributed by atoms with E-state index in [4.69, 9.17) is 4.74 Å². The summed E-state index contributed by atoms with van der Waals surface area (Å²) in [6.45, 7) is 8.26. The van der Waals surface area contributed by atoms with Crippen molar-refractivity contribution in [3.63, 3.8) is 0 Å². The summed E-state index contributed by atoms with van der Waals surface area (Å²) in [5, 5.41) is 12.9. The smallest absolute Gasteiger partial charge is 0.0897 e. The van der Waals surface area contributed by atoms with E-state index in [1.165, 1.54) is 70.6 Å². The number of aliphatic hydroxyl groups is 1. The quantitative estimate of drug-likeness (QED) is 0.233. The minimum Gasteiger partial charge on any atom is -0.389 e. The van der Waals surface area contributed by atoms with Crippen LogP contribution in [-0.2, 0) is 4.74 Å². The molecule has 0 aromatic rings. The number of hydrogen-bond donors (Lipinski definition) is 2. The van der Waals surface area contributed by atoms with Crippen LogP contribution in [-0.4, -0.2) is 37.0 Å². The van der Waals surface area contributed by atoms with E-state index in [9.17, 15) is 5.11 Å². The van der Waals surface area contributed by atoms with E-state index < -0.39 is 0 Å². The fourth-order valence-electron chi connectivity index (χ4n) is 2.75. The molecule has 0 saturated heterocycles. The van der Waals surface area contributed by atoms with Gasteiger partial charge in [0.15, 0.2) is 0 Å². The average molecular weight is 356 g/mol. The second-order valence-corrected chi connectivity index (χ2v) is 7.52. The van der Waals surface area contributed by atoms with Crippen molar-refractivity contribution in [3.05, 3.63) is 12.2 Å². The van der Waals surface area contributed by atoms with E-state index >= 15 is 0 Å². The molecule has 0 spiro atoms. The number of rotatable bonds is 19. The van der Waals surface area contributed by atoms with Gasteiger partial charge in [0.2, 0.25) is 0 Å². The molecule has 0 aliphatic carbocycles. The molecule has 150 valence electrons. The van der Waals surface area contributed by atoms with Crippen molar-refractivity contribution in [2.24, 2.45) is 0 Å². The Hall–Kier alpha value is -0.380. The van der Waals surface area contributed by atoms with E-state index in [0.29, 0.717) is 19.2 Å². The van der Waals surface area contributed by atoms with Gasteiger partial charge in [0.1, 0.15) is 0 Å². The molecule has 0 heterocycles. The van der Waals surface area contributed by atoms with Crippen molar-refractivity contribution in [1.29, 1.82) is 0 Å². The van der Waals surface area contributed by atoms with Gasteiger partial charge < -0.3 is 15.2 Å². The molecule has 3 heteroatoms. The molecule has 0 rings (SSSR count). The Morgan fingerprint density at radius 1 is 0.840 bits per heavy atom. The molecule has 0 aliphatic heterocycles. The normalized spacial score (nSPS) is 13.2. The van der Waals surface area contributed by atoms with Gasteiger partial charge in [-0.3, -0.25) is 0 Å². The lowest BCUT2D eigenvalue weighted by molar-refractivity contribution is 0.0346. The molecule has 0 saturated carbocycles. The highest BCUT2D eigenvalue weighted by Gasteiger charge is 2.04. The van der Waals surface area contributed by atoms with Gasteiger partial charge in [0.05, 0.1) is 12.7 Å². The largest absolute Gasteiger partial charge is 0.389 e. The van der Waals surface area contributed by atoms with E-state index in [0.717, 1.165) is 13.0 Å². The zero-order valence-electron chi connectivity index (χ0n) is 17.3. The lowest BCUT2D eigenvalue weighted by atomic mass is 10.1. The van der Waals surface area contributed by atoms with Gasteiger partial charge in [0, 0.05) is 19.2 Å². The maximum Gasteiger partial charge on any atom is 0.0897 e. The van der Waals surface area contributed by atoms with Crippen molar-refractivity contribution in [1.82, 2.24) is 5.32 Å². The molecule has 3 nitrogen and oxygen atoms in total. The predicted octanol–water partition coefficient (Wildman–Crippen LogP) is 5.62. The van der Waals surface area contributed by atoms with Crippen LogP contribution >= 0.6 is 0 Å². The molecule has 0 bridgehead atoms. The maximum absolute atomic E-state index is 9.72. The molecular formula is C22H45NO2. The highest BCUT2D eigenvalue weighted by Crippen LogP contribution is 2.08. The Kier molecular flexibility index (Phi) is 19.6. The number of nitrogens with one attached hydrogen (secondary N) is 1. The molecule has 1 unspecified atom stereocenters. The summed E-state index contributed by atoms with van der Waals surface area (Å²) >= 11 is 0. The van der Waals surface area contributed by atoms with Crippen LogP contribution in [0, 0.1) is 0 Å². The van der Waals surface area contributed by atoms with Crippen LogP contribution in [0.15, 0.2) is 12.2 Å². The molecule has 0 aromatic carbocycles. The van der Waals surface area contributed by atoms with Crippen molar-refractivity contribution in [2.75, 3.05) is 19.8 Å². The van der Waals surface area contributed by atoms with Gasteiger partial charge in [-0.15, -0.1) is 0 Å². The average Bonchev–Trinajstić information content (AvgIpc) is 2.59. The first kappa shape index (κ1) is 24.6. The molecule has 0 aliphatic rings. The lowest BCUT2D eigenvalue weighted by Crippen LogP contribution is -2.34. The first-order valence-corrected chi connectivity index (χ1v) is 10.8.